The molecule has 0 fully saturated rings. The minimum Gasteiger partial charge on any atom is -0.480 e. The Morgan fingerprint density at radius 2 is 1.89 bits per heavy atom. The predicted molar refractivity (Wildman–Crippen MR) is 60.9 cm³/mol. The molecule has 1 atom stereocenters. The Bertz CT molecular complexity index is 446. The zero-order valence-corrected chi connectivity index (χ0v) is 9.33. The van der Waals surface area contributed by atoms with Gasteiger partial charge in [-0.3, -0.25) is 0 Å². The number of amides is 1. The van der Waals surface area contributed by atoms with Crippen molar-refractivity contribution in [1.29, 1.82) is 0 Å². The lowest BCUT2D eigenvalue weighted by Gasteiger charge is -2.11. The lowest BCUT2D eigenvalue weighted by atomic mass is 10.2. The zero-order chi connectivity index (χ0) is 13.5. The first-order valence-electron chi connectivity index (χ1n) is 5.05. The van der Waals surface area contributed by atoms with Crippen LogP contribution in [0, 0.1) is 0 Å². The standard InChI is InChI=1S/C11H12N2O5/c12-6-8(9(14)15)13-11(17)18-10(16)7-4-2-1-3-5-7/h1-5,8H,6,12H2,(H,13,17)(H,14,15). The van der Waals surface area contributed by atoms with E-state index in [-0.39, 0.29) is 12.1 Å². The number of aliphatic carboxylic acids is 1. The van der Waals surface area contributed by atoms with Crippen LogP contribution < -0.4 is 11.1 Å². The first-order valence-corrected chi connectivity index (χ1v) is 5.05. The Balaban J connectivity index is 2.55. The molecule has 1 aromatic carbocycles. The van der Waals surface area contributed by atoms with Crippen LogP contribution in [0.4, 0.5) is 4.79 Å². The molecule has 0 spiro atoms. The van der Waals surface area contributed by atoms with Crippen LogP contribution in [-0.4, -0.2) is 35.7 Å². The van der Waals surface area contributed by atoms with E-state index in [1.54, 1.807) is 18.2 Å². The van der Waals surface area contributed by atoms with Crippen LogP contribution in [0.25, 0.3) is 0 Å². The summed E-state index contributed by atoms with van der Waals surface area (Å²) in [5.74, 6) is -2.17. The Kier molecular flexibility index (Phi) is 4.82. The van der Waals surface area contributed by atoms with Gasteiger partial charge in [-0.15, -0.1) is 0 Å². The van der Waals surface area contributed by atoms with E-state index in [0.717, 1.165) is 0 Å². The normalized spacial score (nSPS) is 11.4. The van der Waals surface area contributed by atoms with Gasteiger partial charge in [0.05, 0.1) is 5.56 Å². The van der Waals surface area contributed by atoms with Crippen molar-refractivity contribution in [2.75, 3.05) is 6.54 Å². The van der Waals surface area contributed by atoms with Crippen LogP contribution >= 0.6 is 0 Å². The Hall–Kier alpha value is -2.41. The highest BCUT2D eigenvalue weighted by Gasteiger charge is 2.20. The second kappa shape index (κ2) is 6.36. The van der Waals surface area contributed by atoms with Crippen LogP contribution in [0.1, 0.15) is 10.4 Å². The molecule has 0 bridgehead atoms. The second-order valence-electron chi connectivity index (χ2n) is 3.31. The quantitative estimate of drug-likeness (QED) is 0.511. The molecule has 0 saturated heterocycles. The molecule has 1 aromatic rings. The number of nitrogens with two attached hydrogens (primary N) is 1. The van der Waals surface area contributed by atoms with E-state index >= 15 is 0 Å². The van der Waals surface area contributed by atoms with Gasteiger partial charge in [-0.25, -0.2) is 14.4 Å². The fraction of sp³-hybridized carbons (Fsp3) is 0.182. The third kappa shape index (κ3) is 3.87. The number of hydrogen-bond acceptors (Lipinski definition) is 5. The average molecular weight is 252 g/mol. The number of carboxylic acids is 1. The molecule has 1 unspecified atom stereocenters. The van der Waals surface area contributed by atoms with Gasteiger partial charge in [0.25, 0.3) is 0 Å². The van der Waals surface area contributed by atoms with Gasteiger partial charge >= 0.3 is 18.0 Å². The van der Waals surface area contributed by atoms with Crippen LogP contribution in [0.3, 0.4) is 0 Å². The fourth-order valence-electron chi connectivity index (χ4n) is 1.11. The molecule has 7 nitrogen and oxygen atoms in total. The molecular weight excluding hydrogens is 240 g/mol. The molecule has 0 radical (unpaired) electrons. The average Bonchev–Trinajstić information content (AvgIpc) is 2.36. The maximum Gasteiger partial charge on any atom is 0.415 e. The summed E-state index contributed by atoms with van der Waals surface area (Å²) in [6.07, 6.45) is -1.15. The highest BCUT2D eigenvalue weighted by atomic mass is 16.6. The molecule has 18 heavy (non-hydrogen) atoms. The van der Waals surface area contributed by atoms with E-state index in [9.17, 15) is 14.4 Å². The first-order chi connectivity index (χ1) is 8.54. The fourth-order valence-corrected chi connectivity index (χ4v) is 1.11. The summed E-state index contributed by atoms with van der Waals surface area (Å²) in [6.45, 7) is -0.302. The van der Waals surface area contributed by atoms with Crippen molar-refractivity contribution in [3.8, 4) is 0 Å². The van der Waals surface area contributed by atoms with Crippen LogP contribution in [0.5, 0.6) is 0 Å². The molecule has 1 amide bonds. The first kappa shape index (κ1) is 13.7. The highest BCUT2D eigenvalue weighted by Crippen LogP contribution is 2.01. The predicted octanol–water partition coefficient (Wildman–Crippen LogP) is -0.0351. The highest BCUT2D eigenvalue weighted by molar-refractivity contribution is 5.97. The van der Waals surface area contributed by atoms with Crippen molar-refractivity contribution < 1.29 is 24.2 Å². The molecule has 0 aliphatic carbocycles. The molecular formula is C11H12N2O5. The lowest BCUT2D eigenvalue weighted by molar-refractivity contribution is -0.139. The molecule has 1 rings (SSSR count). The summed E-state index contributed by atoms with van der Waals surface area (Å²) >= 11 is 0. The molecule has 0 heterocycles. The molecule has 96 valence electrons. The van der Waals surface area contributed by atoms with E-state index in [2.05, 4.69) is 4.74 Å². The maximum absolute atomic E-state index is 11.4. The van der Waals surface area contributed by atoms with E-state index in [4.69, 9.17) is 10.8 Å². The van der Waals surface area contributed by atoms with Crippen LogP contribution in [0.2, 0.25) is 0 Å². The van der Waals surface area contributed by atoms with Gasteiger partial charge in [0.2, 0.25) is 0 Å². The summed E-state index contributed by atoms with van der Waals surface area (Å²) < 4.78 is 4.41. The Morgan fingerprint density at radius 3 is 2.39 bits per heavy atom. The number of esters is 1. The van der Waals surface area contributed by atoms with E-state index in [0.29, 0.717) is 0 Å². The van der Waals surface area contributed by atoms with E-state index in [1.165, 1.54) is 12.1 Å². The smallest absolute Gasteiger partial charge is 0.415 e. The third-order valence-electron chi connectivity index (χ3n) is 2.02. The third-order valence-corrected chi connectivity index (χ3v) is 2.02. The van der Waals surface area contributed by atoms with Gasteiger partial charge in [0.1, 0.15) is 6.04 Å². The van der Waals surface area contributed by atoms with Gasteiger partial charge < -0.3 is 20.9 Å². The van der Waals surface area contributed by atoms with Gasteiger partial charge in [0.15, 0.2) is 0 Å². The number of benzene rings is 1. The second-order valence-corrected chi connectivity index (χ2v) is 3.31. The zero-order valence-electron chi connectivity index (χ0n) is 9.33. The van der Waals surface area contributed by atoms with Gasteiger partial charge in [-0.05, 0) is 12.1 Å². The van der Waals surface area contributed by atoms with Crippen LogP contribution in [-0.2, 0) is 9.53 Å². The Labute approximate surface area is 103 Å². The van der Waals surface area contributed by atoms with Crippen molar-refractivity contribution in [3.63, 3.8) is 0 Å². The number of rotatable bonds is 4. The number of carbonyl (C=O) groups is 3. The number of hydrogen-bond donors (Lipinski definition) is 3. The van der Waals surface area contributed by atoms with Crippen molar-refractivity contribution in [2.45, 2.75) is 6.04 Å². The monoisotopic (exact) mass is 252 g/mol. The van der Waals surface area contributed by atoms with Gasteiger partial charge in [-0.1, -0.05) is 18.2 Å². The van der Waals surface area contributed by atoms with Crippen molar-refractivity contribution >= 4 is 18.0 Å². The number of carbonyl (C=O) groups excluding carboxylic acids is 2. The number of alkyl carbamates (subject to hydrolysis) is 1. The summed E-state index contributed by atoms with van der Waals surface area (Å²) in [6, 6.07) is 6.55. The molecule has 7 heteroatoms. The molecule has 0 aliphatic rings. The molecule has 0 aliphatic heterocycles. The summed E-state index contributed by atoms with van der Waals surface area (Å²) in [5.41, 5.74) is 5.32. The molecule has 0 aromatic heterocycles. The van der Waals surface area contributed by atoms with E-state index in [1.807, 2.05) is 5.32 Å². The SMILES string of the molecule is NCC(NC(=O)OC(=O)c1ccccc1)C(=O)O. The molecule has 4 N–H and O–H groups in total. The summed E-state index contributed by atoms with van der Waals surface area (Å²) in [7, 11) is 0. The topological polar surface area (TPSA) is 119 Å². The van der Waals surface area contributed by atoms with E-state index < -0.39 is 24.1 Å². The minimum absolute atomic E-state index is 0.187. The minimum atomic E-state index is -1.30. The number of nitrogens with one attached hydrogen (secondary N) is 1. The Morgan fingerprint density at radius 1 is 1.28 bits per heavy atom. The van der Waals surface area contributed by atoms with Gasteiger partial charge in [0, 0.05) is 6.54 Å². The summed E-state index contributed by atoms with van der Waals surface area (Å²) in [5, 5.41) is 10.6. The molecule has 0 saturated carbocycles. The maximum atomic E-state index is 11.4. The van der Waals surface area contributed by atoms with Crippen molar-refractivity contribution in [1.82, 2.24) is 5.32 Å². The number of ether oxygens (including phenoxy) is 1. The summed E-state index contributed by atoms with van der Waals surface area (Å²) in [4.78, 5) is 33.2. The van der Waals surface area contributed by atoms with Crippen molar-refractivity contribution in [2.24, 2.45) is 5.73 Å². The number of carboxylic acid groups (broad SMARTS) is 1. The largest absolute Gasteiger partial charge is 0.480 e. The van der Waals surface area contributed by atoms with Gasteiger partial charge in [-0.2, -0.15) is 0 Å². The lowest BCUT2D eigenvalue weighted by Crippen LogP contribution is -2.46. The van der Waals surface area contributed by atoms with Crippen molar-refractivity contribution in [3.05, 3.63) is 35.9 Å². The van der Waals surface area contributed by atoms with Crippen LogP contribution in [0.15, 0.2) is 30.3 Å².